The molecule has 0 saturated carbocycles. The summed E-state index contributed by atoms with van der Waals surface area (Å²) in [5.74, 6) is 1.28. The van der Waals surface area contributed by atoms with E-state index in [2.05, 4.69) is 19.9 Å². The molecule has 0 bridgehead atoms. The quantitative estimate of drug-likeness (QED) is 0.884. The van der Waals surface area contributed by atoms with Crippen molar-refractivity contribution in [3.8, 4) is 11.8 Å². The normalized spacial score (nSPS) is 17.8. The average molecular weight is 257 g/mol. The molecule has 1 atom stereocenters. The monoisotopic (exact) mass is 257 g/mol. The largest absolute Gasteiger partial charge is 0.440 e. The Bertz CT molecular complexity index is 567. The first-order chi connectivity index (χ1) is 8.95. The summed E-state index contributed by atoms with van der Waals surface area (Å²) in [6.45, 7) is 4.18. The van der Waals surface area contributed by atoms with Crippen molar-refractivity contribution in [1.82, 2.24) is 0 Å². The number of benzene rings is 1. The summed E-state index contributed by atoms with van der Waals surface area (Å²) in [6.07, 6.45) is 0. The van der Waals surface area contributed by atoms with E-state index in [1.807, 2.05) is 37.2 Å². The second kappa shape index (κ2) is 4.85. The highest BCUT2D eigenvalue weighted by atomic mass is 16.5. The van der Waals surface area contributed by atoms with Crippen LogP contribution in [0.1, 0.15) is 25.3 Å². The molecule has 1 heterocycles. The summed E-state index contributed by atoms with van der Waals surface area (Å²) < 4.78 is 5.61. The van der Waals surface area contributed by atoms with Gasteiger partial charge in [-0.1, -0.05) is 19.9 Å². The number of rotatable bonds is 2. The first kappa shape index (κ1) is 13.3. The number of nitrogens with two attached hydrogens (primary N) is 1. The lowest BCUT2D eigenvalue weighted by Gasteiger charge is -2.29. The molecule has 4 nitrogen and oxygen atoms in total. The van der Waals surface area contributed by atoms with Crippen molar-refractivity contribution in [3.63, 3.8) is 0 Å². The number of anilines is 1. The molecule has 1 aromatic carbocycles. The molecular formula is C15H19N3O. The van der Waals surface area contributed by atoms with Gasteiger partial charge in [-0.15, -0.1) is 0 Å². The number of ether oxygens (including phenoxy) is 1. The van der Waals surface area contributed by atoms with Gasteiger partial charge in [-0.2, -0.15) is 5.26 Å². The van der Waals surface area contributed by atoms with Gasteiger partial charge in [0.1, 0.15) is 11.8 Å². The second-order valence-electron chi connectivity index (χ2n) is 5.33. The Labute approximate surface area is 114 Å². The van der Waals surface area contributed by atoms with E-state index in [0.29, 0.717) is 11.5 Å². The van der Waals surface area contributed by atoms with Gasteiger partial charge in [-0.3, -0.25) is 0 Å². The highest BCUT2D eigenvalue weighted by Crippen LogP contribution is 2.43. The van der Waals surface area contributed by atoms with Gasteiger partial charge in [-0.25, -0.2) is 0 Å². The Morgan fingerprint density at radius 1 is 1.37 bits per heavy atom. The first-order valence-corrected chi connectivity index (χ1v) is 6.34. The summed E-state index contributed by atoms with van der Waals surface area (Å²) in [6, 6.07) is 8.21. The molecule has 0 aliphatic carbocycles. The van der Waals surface area contributed by atoms with Crippen LogP contribution in [0, 0.1) is 17.2 Å². The molecule has 1 aliphatic rings. The predicted octanol–water partition coefficient (Wildman–Crippen LogP) is 2.58. The molecule has 1 aliphatic heterocycles. The second-order valence-corrected chi connectivity index (χ2v) is 5.33. The minimum Gasteiger partial charge on any atom is -0.440 e. The summed E-state index contributed by atoms with van der Waals surface area (Å²) >= 11 is 0. The van der Waals surface area contributed by atoms with E-state index in [9.17, 15) is 5.26 Å². The topological polar surface area (TPSA) is 62.3 Å². The van der Waals surface area contributed by atoms with Gasteiger partial charge in [0.2, 0.25) is 5.88 Å². The molecule has 4 heteroatoms. The van der Waals surface area contributed by atoms with Crippen LogP contribution in [0.2, 0.25) is 0 Å². The lowest BCUT2D eigenvalue weighted by molar-refractivity contribution is 0.372. The summed E-state index contributed by atoms with van der Waals surface area (Å²) in [5, 5.41) is 9.27. The zero-order valence-corrected chi connectivity index (χ0v) is 11.8. The summed E-state index contributed by atoms with van der Waals surface area (Å²) in [7, 11) is 3.95. The number of allylic oxidation sites excluding steroid dienone is 1. The van der Waals surface area contributed by atoms with Gasteiger partial charge in [0.15, 0.2) is 0 Å². The van der Waals surface area contributed by atoms with Crippen molar-refractivity contribution in [2.24, 2.45) is 11.7 Å². The maximum Gasteiger partial charge on any atom is 0.205 e. The summed E-state index contributed by atoms with van der Waals surface area (Å²) in [4.78, 5) is 2.01. The lowest BCUT2D eigenvalue weighted by Crippen LogP contribution is -2.23. The third-order valence-electron chi connectivity index (χ3n) is 3.43. The molecule has 1 unspecified atom stereocenters. The third-order valence-corrected chi connectivity index (χ3v) is 3.43. The maximum absolute atomic E-state index is 9.27. The maximum atomic E-state index is 9.27. The number of hydrogen-bond donors (Lipinski definition) is 1. The van der Waals surface area contributed by atoms with Crippen molar-refractivity contribution in [2.45, 2.75) is 19.8 Å². The molecule has 0 radical (unpaired) electrons. The van der Waals surface area contributed by atoms with Crippen LogP contribution in [0.5, 0.6) is 5.75 Å². The molecule has 0 spiro atoms. The van der Waals surface area contributed by atoms with Gasteiger partial charge in [0.25, 0.3) is 0 Å². The van der Waals surface area contributed by atoms with E-state index in [4.69, 9.17) is 10.5 Å². The molecular weight excluding hydrogens is 238 g/mol. The van der Waals surface area contributed by atoms with Crippen molar-refractivity contribution in [3.05, 3.63) is 35.2 Å². The zero-order valence-electron chi connectivity index (χ0n) is 11.8. The molecule has 0 aromatic heterocycles. The fraction of sp³-hybridized carbons (Fsp3) is 0.400. The first-order valence-electron chi connectivity index (χ1n) is 6.34. The molecule has 100 valence electrons. The fourth-order valence-corrected chi connectivity index (χ4v) is 2.45. The van der Waals surface area contributed by atoms with Crippen molar-refractivity contribution in [2.75, 3.05) is 19.0 Å². The van der Waals surface area contributed by atoms with Crippen molar-refractivity contribution in [1.29, 1.82) is 5.26 Å². The van der Waals surface area contributed by atoms with Gasteiger partial charge in [0.05, 0.1) is 5.57 Å². The highest BCUT2D eigenvalue weighted by molar-refractivity contribution is 5.58. The smallest absolute Gasteiger partial charge is 0.205 e. The lowest BCUT2D eigenvalue weighted by atomic mass is 9.81. The standard InChI is InChI=1S/C15H19N3O/c1-9(2)14-11-6-5-10(18(3)4)7-13(11)19-15(17)12(14)8-16/h5-7,9,14H,17H2,1-4H3. The Morgan fingerprint density at radius 2 is 2.05 bits per heavy atom. The highest BCUT2D eigenvalue weighted by Gasteiger charge is 2.31. The van der Waals surface area contributed by atoms with Crippen LogP contribution in [-0.2, 0) is 0 Å². The van der Waals surface area contributed by atoms with E-state index >= 15 is 0 Å². The Hall–Kier alpha value is -2.15. The van der Waals surface area contributed by atoms with Gasteiger partial charge in [-0.05, 0) is 12.0 Å². The minimum atomic E-state index is 0.00459. The van der Waals surface area contributed by atoms with E-state index < -0.39 is 0 Å². The number of hydrogen-bond acceptors (Lipinski definition) is 4. The Kier molecular flexibility index (Phi) is 3.39. The Balaban J connectivity index is 2.56. The van der Waals surface area contributed by atoms with Gasteiger partial charge >= 0.3 is 0 Å². The number of nitriles is 1. The average Bonchev–Trinajstić information content (AvgIpc) is 2.35. The predicted molar refractivity (Wildman–Crippen MR) is 75.8 cm³/mol. The third kappa shape index (κ3) is 2.24. The van der Waals surface area contributed by atoms with Crippen molar-refractivity contribution < 1.29 is 4.74 Å². The molecule has 0 fully saturated rings. The van der Waals surface area contributed by atoms with E-state index in [1.165, 1.54) is 0 Å². The van der Waals surface area contributed by atoms with Crippen LogP contribution in [0.4, 0.5) is 5.69 Å². The molecule has 0 saturated heterocycles. The van der Waals surface area contributed by atoms with Gasteiger partial charge in [0, 0.05) is 37.3 Å². The van der Waals surface area contributed by atoms with Crippen LogP contribution in [-0.4, -0.2) is 14.1 Å². The van der Waals surface area contributed by atoms with Crippen LogP contribution in [0.3, 0.4) is 0 Å². The van der Waals surface area contributed by atoms with Gasteiger partial charge < -0.3 is 15.4 Å². The summed E-state index contributed by atoms with van der Waals surface area (Å²) in [5.41, 5.74) is 8.49. The molecule has 0 amide bonds. The zero-order chi connectivity index (χ0) is 14.2. The number of fused-ring (bicyclic) bond motifs is 1. The van der Waals surface area contributed by atoms with E-state index in [-0.39, 0.29) is 11.8 Å². The van der Waals surface area contributed by atoms with Crippen LogP contribution in [0.25, 0.3) is 0 Å². The molecule has 2 N–H and O–H groups in total. The SMILES string of the molecule is CC(C)C1C(C#N)=C(N)Oc2cc(N(C)C)ccc21. The van der Waals surface area contributed by atoms with Crippen LogP contribution < -0.4 is 15.4 Å². The Morgan fingerprint density at radius 3 is 2.58 bits per heavy atom. The number of nitrogens with zero attached hydrogens (tertiary/aromatic N) is 2. The van der Waals surface area contributed by atoms with E-state index in [1.54, 1.807) is 0 Å². The van der Waals surface area contributed by atoms with Crippen LogP contribution in [0.15, 0.2) is 29.7 Å². The molecule has 19 heavy (non-hydrogen) atoms. The fourth-order valence-electron chi connectivity index (χ4n) is 2.45. The molecule has 2 rings (SSSR count). The van der Waals surface area contributed by atoms with E-state index in [0.717, 1.165) is 17.0 Å². The minimum absolute atomic E-state index is 0.00459. The molecule has 1 aromatic rings. The van der Waals surface area contributed by atoms with Crippen molar-refractivity contribution >= 4 is 5.69 Å². The van der Waals surface area contributed by atoms with Crippen LogP contribution >= 0.6 is 0 Å².